The summed E-state index contributed by atoms with van der Waals surface area (Å²) in [6.07, 6.45) is 3.42. The molecule has 0 saturated heterocycles. The molecule has 0 aliphatic carbocycles. The van der Waals surface area contributed by atoms with Crippen molar-refractivity contribution in [1.82, 2.24) is 5.32 Å². The summed E-state index contributed by atoms with van der Waals surface area (Å²) in [5, 5.41) is 4.99. The van der Waals surface area contributed by atoms with Gasteiger partial charge in [-0.1, -0.05) is 18.2 Å². The van der Waals surface area contributed by atoms with Crippen LogP contribution in [0.5, 0.6) is 0 Å². The summed E-state index contributed by atoms with van der Waals surface area (Å²) < 4.78 is 22.9. The minimum atomic E-state index is -3.19. The number of carbonyl (C=O) groups excluding carboxylic acids is 1. The average molecular weight is 351 g/mol. The molecular weight excluding hydrogens is 330 g/mol. The molecule has 0 aliphatic heterocycles. The van der Waals surface area contributed by atoms with Crippen LogP contribution in [0.25, 0.3) is 0 Å². The van der Waals surface area contributed by atoms with Crippen molar-refractivity contribution >= 4 is 27.1 Å². The molecule has 124 valence electrons. The number of nitrogens with one attached hydrogen (secondary N) is 1. The van der Waals surface area contributed by atoms with Gasteiger partial charge in [-0.15, -0.1) is 11.3 Å². The summed E-state index contributed by atoms with van der Waals surface area (Å²) in [6.45, 7) is 1.90. The standard InChI is InChI=1S/C17H21NO3S2/c1-13(14-8-10-16(11-9-14)23(2,20)21)18-17(19)7-3-5-15-6-4-12-22-15/h4,6,8-13H,3,5,7H2,1-2H3,(H,18,19). The first-order valence-electron chi connectivity index (χ1n) is 7.48. The van der Waals surface area contributed by atoms with Crippen molar-refractivity contribution in [3.63, 3.8) is 0 Å². The van der Waals surface area contributed by atoms with Crippen LogP contribution >= 0.6 is 11.3 Å². The largest absolute Gasteiger partial charge is 0.350 e. The summed E-state index contributed by atoms with van der Waals surface area (Å²) in [7, 11) is -3.19. The van der Waals surface area contributed by atoms with Crippen LogP contribution in [-0.2, 0) is 21.1 Å². The first-order chi connectivity index (χ1) is 10.9. The molecule has 0 spiro atoms. The van der Waals surface area contributed by atoms with E-state index in [0.29, 0.717) is 6.42 Å². The quantitative estimate of drug-likeness (QED) is 0.832. The van der Waals surface area contributed by atoms with E-state index in [1.165, 1.54) is 11.1 Å². The molecule has 23 heavy (non-hydrogen) atoms. The van der Waals surface area contributed by atoms with Crippen LogP contribution < -0.4 is 5.32 Å². The molecule has 4 nitrogen and oxygen atoms in total. The van der Waals surface area contributed by atoms with Crippen LogP contribution in [0.2, 0.25) is 0 Å². The molecule has 2 rings (SSSR count). The van der Waals surface area contributed by atoms with Gasteiger partial charge in [0.25, 0.3) is 0 Å². The Morgan fingerprint density at radius 1 is 1.22 bits per heavy atom. The molecule has 0 bridgehead atoms. The Labute approximate surface area is 141 Å². The SMILES string of the molecule is CC(NC(=O)CCCc1cccs1)c1ccc(S(C)(=O)=O)cc1. The highest BCUT2D eigenvalue weighted by atomic mass is 32.2. The Bertz CT molecular complexity index is 735. The van der Waals surface area contributed by atoms with E-state index in [2.05, 4.69) is 11.4 Å². The van der Waals surface area contributed by atoms with Gasteiger partial charge in [-0.2, -0.15) is 0 Å². The highest BCUT2D eigenvalue weighted by molar-refractivity contribution is 7.90. The Morgan fingerprint density at radius 3 is 2.48 bits per heavy atom. The molecule has 1 N–H and O–H groups in total. The second kappa shape index (κ2) is 7.75. The highest BCUT2D eigenvalue weighted by Gasteiger charge is 2.11. The van der Waals surface area contributed by atoms with Crippen molar-refractivity contribution in [2.24, 2.45) is 0 Å². The molecule has 1 heterocycles. The lowest BCUT2D eigenvalue weighted by Crippen LogP contribution is -2.26. The number of hydrogen-bond acceptors (Lipinski definition) is 4. The molecule has 0 radical (unpaired) electrons. The third-order valence-corrected chi connectivity index (χ3v) is 5.66. The monoisotopic (exact) mass is 351 g/mol. The van der Waals surface area contributed by atoms with Gasteiger partial charge in [0, 0.05) is 17.6 Å². The zero-order valence-electron chi connectivity index (χ0n) is 13.3. The number of benzene rings is 1. The molecule has 1 unspecified atom stereocenters. The topological polar surface area (TPSA) is 63.2 Å². The van der Waals surface area contributed by atoms with Crippen LogP contribution in [0.4, 0.5) is 0 Å². The Balaban J connectivity index is 1.83. The lowest BCUT2D eigenvalue weighted by atomic mass is 10.1. The fourth-order valence-corrected chi connectivity index (χ4v) is 3.66. The number of sulfone groups is 1. The Hall–Kier alpha value is -1.66. The number of amides is 1. The molecule has 6 heteroatoms. The molecule has 2 aromatic rings. The maximum absolute atomic E-state index is 12.0. The van der Waals surface area contributed by atoms with Crippen molar-refractivity contribution in [3.05, 3.63) is 52.2 Å². The second-order valence-corrected chi connectivity index (χ2v) is 8.61. The fraction of sp³-hybridized carbons (Fsp3) is 0.353. The van der Waals surface area contributed by atoms with E-state index in [0.717, 1.165) is 18.4 Å². The van der Waals surface area contributed by atoms with Crippen LogP contribution in [0.15, 0.2) is 46.7 Å². The average Bonchev–Trinajstić information content (AvgIpc) is 2.99. The van der Waals surface area contributed by atoms with Crippen molar-refractivity contribution in [1.29, 1.82) is 0 Å². The summed E-state index contributed by atoms with van der Waals surface area (Å²) >= 11 is 1.71. The van der Waals surface area contributed by atoms with E-state index in [4.69, 9.17) is 0 Å². The predicted molar refractivity (Wildman–Crippen MR) is 93.4 cm³/mol. The van der Waals surface area contributed by atoms with E-state index >= 15 is 0 Å². The van der Waals surface area contributed by atoms with Gasteiger partial charge in [0.2, 0.25) is 5.91 Å². The number of thiophene rings is 1. The number of aryl methyl sites for hydroxylation is 1. The Morgan fingerprint density at radius 2 is 1.91 bits per heavy atom. The van der Waals surface area contributed by atoms with Crippen LogP contribution in [0, 0.1) is 0 Å². The minimum Gasteiger partial charge on any atom is -0.350 e. The second-order valence-electron chi connectivity index (χ2n) is 5.56. The van der Waals surface area contributed by atoms with E-state index < -0.39 is 9.84 Å². The maximum Gasteiger partial charge on any atom is 0.220 e. The highest BCUT2D eigenvalue weighted by Crippen LogP contribution is 2.17. The van der Waals surface area contributed by atoms with Gasteiger partial charge in [-0.05, 0) is 48.9 Å². The van der Waals surface area contributed by atoms with Gasteiger partial charge >= 0.3 is 0 Å². The van der Waals surface area contributed by atoms with Gasteiger partial charge in [0.05, 0.1) is 10.9 Å². The number of rotatable bonds is 7. The van der Waals surface area contributed by atoms with Crippen molar-refractivity contribution in [2.75, 3.05) is 6.26 Å². The van der Waals surface area contributed by atoms with Crippen LogP contribution in [0.3, 0.4) is 0 Å². The van der Waals surface area contributed by atoms with Crippen LogP contribution in [0.1, 0.15) is 36.2 Å². The minimum absolute atomic E-state index is 0.0150. The first kappa shape index (κ1) is 17.7. The van der Waals surface area contributed by atoms with Gasteiger partial charge in [-0.3, -0.25) is 4.79 Å². The van der Waals surface area contributed by atoms with Crippen molar-refractivity contribution in [2.45, 2.75) is 37.1 Å². The predicted octanol–water partition coefficient (Wildman–Crippen LogP) is 3.35. The smallest absolute Gasteiger partial charge is 0.220 e. The summed E-state index contributed by atoms with van der Waals surface area (Å²) in [5.74, 6) is 0.0150. The van der Waals surface area contributed by atoms with E-state index in [-0.39, 0.29) is 16.8 Å². The zero-order chi connectivity index (χ0) is 16.9. The summed E-state index contributed by atoms with van der Waals surface area (Å²) in [5.41, 5.74) is 0.893. The first-order valence-corrected chi connectivity index (χ1v) is 10.2. The molecule has 0 fully saturated rings. The molecular formula is C17H21NO3S2. The normalized spacial score (nSPS) is 12.8. The zero-order valence-corrected chi connectivity index (χ0v) is 14.9. The Kier molecular flexibility index (Phi) is 5.96. The number of hydrogen-bond donors (Lipinski definition) is 1. The summed E-state index contributed by atoms with van der Waals surface area (Å²) in [4.78, 5) is 13.6. The lowest BCUT2D eigenvalue weighted by Gasteiger charge is -2.14. The van der Waals surface area contributed by atoms with Crippen LogP contribution in [-0.4, -0.2) is 20.6 Å². The summed E-state index contributed by atoms with van der Waals surface area (Å²) in [6, 6.07) is 10.6. The van der Waals surface area contributed by atoms with E-state index in [9.17, 15) is 13.2 Å². The van der Waals surface area contributed by atoms with E-state index in [1.54, 1.807) is 35.6 Å². The van der Waals surface area contributed by atoms with Gasteiger partial charge < -0.3 is 5.32 Å². The lowest BCUT2D eigenvalue weighted by molar-refractivity contribution is -0.121. The van der Waals surface area contributed by atoms with Crippen molar-refractivity contribution in [3.8, 4) is 0 Å². The number of carbonyl (C=O) groups is 1. The van der Waals surface area contributed by atoms with Gasteiger partial charge in [0.1, 0.15) is 0 Å². The van der Waals surface area contributed by atoms with Gasteiger partial charge in [-0.25, -0.2) is 8.42 Å². The van der Waals surface area contributed by atoms with Gasteiger partial charge in [0.15, 0.2) is 9.84 Å². The third-order valence-electron chi connectivity index (χ3n) is 3.59. The molecule has 1 aromatic carbocycles. The molecule has 1 amide bonds. The fourth-order valence-electron chi connectivity index (χ4n) is 2.28. The molecule has 1 aromatic heterocycles. The molecule has 0 saturated carbocycles. The maximum atomic E-state index is 12.0. The molecule has 0 aliphatic rings. The van der Waals surface area contributed by atoms with E-state index in [1.807, 2.05) is 18.4 Å². The third kappa shape index (κ3) is 5.48. The molecule has 1 atom stereocenters. The van der Waals surface area contributed by atoms with Crippen molar-refractivity contribution < 1.29 is 13.2 Å².